The van der Waals surface area contributed by atoms with Crippen molar-refractivity contribution in [1.82, 2.24) is 0 Å². The van der Waals surface area contributed by atoms with Gasteiger partial charge in [-0.15, -0.1) is 0 Å². The molecule has 0 bridgehead atoms. The molecule has 0 heterocycles. The van der Waals surface area contributed by atoms with Crippen molar-refractivity contribution in [3.8, 4) is 0 Å². The van der Waals surface area contributed by atoms with E-state index in [0.29, 0.717) is 19.3 Å². The van der Waals surface area contributed by atoms with Gasteiger partial charge in [-0.3, -0.25) is 14.4 Å². The fourth-order valence-corrected chi connectivity index (χ4v) is 4.76. The Morgan fingerprint density at radius 2 is 0.442 bits per heavy atom. The number of hydrogen-bond donors (Lipinski definition) is 3. The van der Waals surface area contributed by atoms with Crippen LogP contribution in [0, 0.1) is 0 Å². The topological polar surface area (TPSA) is 112 Å². The molecule has 0 aromatic rings. The van der Waals surface area contributed by atoms with E-state index in [1.807, 2.05) is 0 Å². The predicted octanol–water partition coefficient (Wildman–Crippen LogP) is 12.0. The second-order valence-electron chi connectivity index (χ2n) is 11.9. The van der Waals surface area contributed by atoms with Crippen molar-refractivity contribution in [2.45, 2.75) is 213 Å². The number of carboxylic acid groups (broad SMARTS) is 3. The standard InChI is InChI=1S/3C12H24O2.Fe/c3*1-2-3-4-5-6-7-8-9-10-11-12(13)14;/h3*2-11H2,1H3,(H,13,14);/q;;;+3. The molecule has 0 fully saturated rings. The second-order valence-corrected chi connectivity index (χ2v) is 11.9. The van der Waals surface area contributed by atoms with Gasteiger partial charge in [-0.05, 0) is 19.3 Å². The van der Waals surface area contributed by atoms with E-state index in [1.54, 1.807) is 0 Å². The molecule has 0 saturated carbocycles. The van der Waals surface area contributed by atoms with E-state index in [9.17, 15) is 14.4 Å². The monoisotopic (exact) mass is 656 g/mol. The number of unbranched alkanes of at least 4 members (excludes halogenated alkanes) is 24. The van der Waals surface area contributed by atoms with Crippen molar-refractivity contribution in [2.24, 2.45) is 0 Å². The van der Waals surface area contributed by atoms with E-state index in [0.717, 1.165) is 38.5 Å². The van der Waals surface area contributed by atoms with Crippen molar-refractivity contribution >= 4 is 17.9 Å². The average molecular weight is 657 g/mol. The summed E-state index contributed by atoms with van der Waals surface area (Å²) < 4.78 is 0. The maximum Gasteiger partial charge on any atom is 3.00 e. The summed E-state index contributed by atoms with van der Waals surface area (Å²) in [6.45, 7) is 6.68. The molecule has 0 saturated heterocycles. The molecule has 0 aliphatic carbocycles. The molecule has 0 aliphatic heterocycles. The van der Waals surface area contributed by atoms with Gasteiger partial charge in [0, 0.05) is 19.3 Å². The van der Waals surface area contributed by atoms with E-state index >= 15 is 0 Å². The fourth-order valence-electron chi connectivity index (χ4n) is 4.76. The Morgan fingerprint density at radius 1 is 0.302 bits per heavy atom. The van der Waals surface area contributed by atoms with Gasteiger partial charge < -0.3 is 15.3 Å². The summed E-state index contributed by atoms with van der Waals surface area (Å²) in [5.41, 5.74) is 0. The molecule has 257 valence electrons. The van der Waals surface area contributed by atoms with Gasteiger partial charge >= 0.3 is 35.0 Å². The molecule has 0 unspecified atom stereocenters. The Labute approximate surface area is 277 Å². The first-order valence-corrected chi connectivity index (χ1v) is 18.0. The molecule has 0 aromatic heterocycles. The molecule has 0 amide bonds. The summed E-state index contributed by atoms with van der Waals surface area (Å²) in [5, 5.41) is 25.2. The van der Waals surface area contributed by atoms with Crippen LogP contribution in [0.1, 0.15) is 213 Å². The smallest absolute Gasteiger partial charge is 0.481 e. The molecule has 0 rings (SSSR count). The third-order valence-corrected chi connectivity index (χ3v) is 7.48. The van der Waals surface area contributed by atoms with Gasteiger partial charge in [-0.1, -0.05) is 175 Å². The summed E-state index contributed by atoms with van der Waals surface area (Å²) in [7, 11) is 0. The van der Waals surface area contributed by atoms with Crippen molar-refractivity contribution in [2.75, 3.05) is 0 Å². The molecule has 6 nitrogen and oxygen atoms in total. The van der Waals surface area contributed by atoms with Gasteiger partial charge in [0.15, 0.2) is 0 Å². The minimum Gasteiger partial charge on any atom is -0.481 e. The number of rotatable bonds is 30. The van der Waals surface area contributed by atoms with Crippen molar-refractivity contribution < 1.29 is 46.8 Å². The first kappa shape index (κ1) is 48.8. The summed E-state index contributed by atoms with van der Waals surface area (Å²) in [5.74, 6) is -1.98. The SMILES string of the molecule is CCCCCCCCCCCC(=O)O.CCCCCCCCCCCC(=O)O.CCCCCCCCCCCC(=O)O.[Fe+3]. The van der Waals surface area contributed by atoms with Gasteiger partial charge in [0.05, 0.1) is 0 Å². The predicted molar refractivity (Wildman–Crippen MR) is 178 cm³/mol. The van der Waals surface area contributed by atoms with Crippen molar-refractivity contribution in [3.05, 3.63) is 0 Å². The molecule has 0 spiro atoms. The van der Waals surface area contributed by atoms with Crippen LogP contribution in [-0.4, -0.2) is 33.2 Å². The average Bonchev–Trinajstić information content (AvgIpc) is 2.95. The maximum absolute atomic E-state index is 10.2. The molecular formula is C36H72FeO6+3. The summed E-state index contributed by atoms with van der Waals surface area (Å²) in [6.07, 6.45) is 34.4. The van der Waals surface area contributed by atoms with Gasteiger partial charge in [-0.2, -0.15) is 0 Å². The zero-order chi connectivity index (χ0) is 31.9. The molecule has 3 N–H and O–H groups in total. The quantitative estimate of drug-likeness (QED) is 0.0524. The van der Waals surface area contributed by atoms with Crippen LogP contribution < -0.4 is 0 Å². The van der Waals surface area contributed by atoms with Gasteiger partial charge in [0.2, 0.25) is 0 Å². The summed E-state index contributed by atoms with van der Waals surface area (Å²) in [6, 6.07) is 0. The van der Waals surface area contributed by atoms with E-state index in [-0.39, 0.29) is 17.1 Å². The number of carboxylic acids is 3. The summed E-state index contributed by atoms with van der Waals surface area (Å²) in [4.78, 5) is 30.6. The molecule has 0 atom stereocenters. The van der Waals surface area contributed by atoms with Crippen LogP contribution >= 0.6 is 0 Å². The molecule has 0 aliphatic rings. The molecule has 7 heteroatoms. The third-order valence-electron chi connectivity index (χ3n) is 7.48. The molecule has 43 heavy (non-hydrogen) atoms. The first-order valence-electron chi connectivity index (χ1n) is 18.0. The fraction of sp³-hybridized carbons (Fsp3) is 0.917. The van der Waals surface area contributed by atoms with E-state index in [2.05, 4.69) is 20.8 Å². The maximum atomic E-state index is 10.2. The normalized spacial score (nSPS) is 10.1. The van der Waals surface area contributed by atoms with Gasteiger partial charge in [0.25, 0.3) is 0 Å². The Morgan fingerprint density at radius 3 is 0.581 bits per heavy atom. The Bertz CT molecular complexity index is 480. The number of carbonyl (C=O) groups is 3. The van der Waals surface area contributed by atoms with E-state index in [1.165, 1.54) is 135 Å². The third kappa shape index (κ3) is 60.8. The van der Waals surface area contributed by atoms with E-state index < -0.39 is 17.9 Å². The van der Waals surface area contributed by atoms with Crippen LogP contribution in [-0.2, 0) is 31.5 Å². The minimum atomic E-state index is -0.659. The van der Waals surface area contributed by atoms with Crippen LogP contribution in [0.3, 0.4) is 0 Å². The Hall–Kier alpha value is -1.07. The van der Waals surface area contributed by atoms with Crippen molar-refractivity contribution in [3.63, 3.8) is 0 Å². The molecular weight excluding hydrogens is 584 g/mol. The number of aliphatic carboxylic acids is 3. The number of hydrogen-bond acceptors (Lipinski definition) is 3. The second kappa shape index (κ2) is 45.4. The largest absolute Gasteiger partial charge is 3.00 e. The van der Waals surface area contributed by atoms with E-state index in [4.69, 9.17) is 15.3 Å². The Balaban J connectivity index is -0.000000262. The Kier molecular flexibility index (Phi) is 51.5. The van der Waals surface area contributed by atoms with Gasteiger partial charge in [0.1, 0.15) is 0 Å². The van der Waals surface area contributed by atoms with Crippen LogP contribution in [0.2, 0.25) is 0 Å². The van der Waals surface area contributed by atoms with Crippen LogP contribution in [0.25, 0.3) is 0 Å². The van der Waals surface area contributed by atoms with Crippen molar-refractivity contribution in [1.29, 1.82) is 0 Å². The zero-order valence-electron chi connectivity index (χ0n) is 28.6. The van der Waals surface area contributed by atoms with Crippen LogP contribution in [0.4, 0.5) is 0 Å². The minimum absolute atomic E-state index is 0. The van der Waals surface area contributed by atoms with Gasteiger partial charge in [-0.25, -0.2) is 0 Å². The zero-order valence-corrected chi connectivity index (χ0v) is 29.7. The van der Waals surface area contributed by atoms with Crippen LogP contribution in [0.15, 0.2) is 0 Å². The molecule has 1 radical (unpaired) electrons. The molecule has 0 aromatic carbocycles. The summed E-state index contributed by atoms with van der Waals surface area (Å²) >= 11 is 0. The van der Waals surface area contributed by atoms with Crippen LogP contribution in [0.5, 0.6) is 0 Å². The first-order chi connectivity index (χ1) is 20.3.